The Morgan fingerprint density at radius 3 is 1.77 bits per heavy atom. The molecule has 0 saturated heterocycles. The quantitative estimate of drug-likeness (QED) is 0.546. The smallest absolute Gasteiger partial charge is 0.326 e. The third-order valence-electron chi connectivity index (χ3n) is 5.05. The van der Waals surface area contributed by atoms with Crippen molar-refractivity contribution in [1.82, 2.24) is 4.90 Å². The number of aliphatic hydroxyl groups excluding tert-OH is 1. The van der Waals surface area contributed by atoms with Gasteiger partial charge in [-0.05, 0) is 28.8 Å². The molecule has 0 bridgehead atoms. The predicted molar refractivity (Wildman–Crippen MR) is 116 cm³/mol. The molecule has 5 nitrogen and oxygen atoms in total. The van der Waals surface area contributed by atoms with Crippen molar-refractivity contribution in [3.8, 4) is 5.75 Å². The molecule has 2 atom stereocenters. The van der Waals surface area contributed by atoms with Crippen LogP contribution in [0.5, 0.6) is 5.75 Å². The van der Waals surface area contributed by atoms with Crippen molar-refractivity contribution in [3.05, 3.63) is 102 Å². The number of ether oxygens (including phenoxy) is 2. The van der Waals surface area contributed by atoms with E-state index in [2.05, 4.69) is 0 Å². The molecule has 0 aliphatic rings. The molecule has 1 N–H and O–H groups in total. The van der Waals surface area contributed by atoms with Gasteiger partial charge >= 0.3 is 5.97 Å². The largest absolute Gasteiger partial charge is 0.497 e. The molecule has 0 saturated carbocycles. The van der Waals surface area contributed by atoms with Crippen LogP contribution in [0.1, 0.15) is 22.8 Å². The highest BCUT2D eigenvalue weighted by Crippen LogP contribution is 2.27. The van der Waals surface area contributed by atoms with Gasteiger partial charge in [0.05, 0.1) is 14.2 Å². The zero-order chi connectivity index (χ0) is 21.3. The standard InChI is InChI=1S/C25H27NO4/c1-29-22-15-13-21(14-16-22)24(27)23(25(28)30-2)26(17-19-9-5-3-6-10-19)18-20-11-7-4-8-12-20/h3-16,23-24,27H,17-18H2,1-2H3/t23-,24+/m0/s1. The van der Waals surface area contributed by atoms with Gasteiger partial charge in [0.1, 0.15) is 17.9 Å². The van der Waals surface area contributed by atoms with E-state index < -0.39 is 18.1 Å². The zero-order valence-corrected chi connectivity index (χ0v) is 17.3. The Hall–Kier alpha value is -3.15. The molecule has 30 heavy (non-hydrogen) atoms. The van der Waals surface area contributed by atoms with Gasteiger partial charge in [-0.3, -0.25) is 9.69 Å². The summed E-state index contributed by atoms with van der Waals surface area (Å²) < 4.78 is 10.3. The monoisotopic (exact) mass is 405 g/mol. The second kappa shape index (κ2) is 10.6. The van der Waals surface area contributed by atoms with Gasteiger partial charge in [0, 0.05) is 13.1 Å². The first-order chi connectivity index (χ1) is 14.6. The Balaban J connectivity index is 1.95. The number of hydrogen-bond acceptors (Lipinski definition) is 5. The fourth-order valence-corrected chi connectivity index (χ4v) is 3.47. The molecule has 0 spiro atoms. The van der Waals surface area contributed by atoms with Crippen molar-refractivity contribution >= 4 is 5.97 Å². The number of carbonyl (C=O) groups is 1. The lowest BCUT2D eigenvalue weighted by Crippen LogP contribution is -2.45. The van der Waals surface area contributed by atoms with Gasteiger partial charge < -0.3 is 14.6 Å². The molecule has 0 radical (unpaired) electrons. The fraction of sp³-hybridized carbons (Fsp3) is 0.240. The van der Waals surface area contributed by atoms with Gasteiger partial charge in [-0.2, -0.15) is 0 Å². The van der Waals surface area contributed by atoms with E-state index in [1.165, 1.54) is 7.11 Å². The lowest BCUT2D eigenvalue weighted by atomic mass is 9.99. The molecular formula is C25H27NO4. The molecule has 0 amide bonds. The molecule has 0 heterocycles. The van der Waals surface area contributed by atoms with E-state index in [0.29, 0.717) is 24.4 Å². The van der Waals surface area contributed by atoms with Crippen LogP contribution in [0.25, 0.3) is 0 Å². The highest BCUT2D eigenvalue weighted by Gasteiger charge is 2.35. The van der Waals surface area contributed by atoms with Crippen LogP contribution >= 0.6 is 0 Å². The minimum Gasteiger partial charge on any atom is -0.497 e. The number of rotatable bonds is 9. The first-order valence-corrected chi connectivity index (χ1v) is 9.84. The number of methoxy groups -OCH3 is 2. The molecular weight excluding hydrogens is 378 g/mol. The number of aliphatic hydroxyl groups is 1. The number of nitrogens with zero attached hydrogens (tertiary/aromatic N) is 1. The molecule has 0 fully saturated rings. The van der Waals surface area contributed by atoms with Crippen LogP contribution in [0.15, 0.2) is 84.9 Å². The maximum absolute atomic E-state index is 12.8. The Morgan fingerprint density at radius 1 is 0.833 bits per heavy atom. The van der Waals surface area contributed by atoms with Crippen molar-refractivity contribution in [1.29, 1.82) is 0 Å². The number of hydrogen-bond donors (Lipinski definition) is 1. The lowest BCUT2D eigenvalue weighted by Gasteiger charge is -2.33. The summed E-state index contributed by atoms with van der Waals surface area (Å²) in [4.78, 5) is 14.8. The van der Waals surface area contributed by atoms with E-state index >= 15 is 0 Å². The van der Waals surface area contributed by atoms with Crippen LogP contribution < -0.4 is 4.74 Å². The summed E-state index contributed by atoms with van der Waals surface area (Å²) in [5.41, 5.74) is 2.71. The first kappa shape index (κ1) is 21.6. The molecule has 0 aliphatic heterocycles. The summed E-state index contributed by atoms with van der Waals surface area (Å²) in [5.74, 6) is 0.205. The third kappa shape index (κ3) is 5.47. The molecule has 3 rings (SSSR count). The van der Waals surface area contributed by atoms with Gasteiger partial charge in [-0.1, -0.05) is 72.8 Å². The van der Waals surface area contributed by atoms with Crippen LogP contribution in [0.3, 0.4) is 0 Å². The minimum absolute atomic E-state index is 0.481. The molecule has 0 unspecified atom stereocenters. The van der Waals surface area contributed by atoms with Crippen LogP contribution in [-0.2, 0) is 22.6 Å². The first-order valence-electron chi connectivity index (χ1n) is 9.84. The maximum atomic E-state index is 12.8. The maximum Gasteiger partial charge on any atom is 0.326 e. The van der Waals surface area contributed by atoms with E-state index in [1.54, 1.807) is 31.4 Å². The molecule has 3 aromatic rings. The van der Waals surface area contributed by atoms with Gasteiger partial charge in [0.25, 0.3) is 0 Å². The summed E-state index contributed by atoms with van der Waals surface area (Å²) >= 11 is 0. The summed E-state index contributed by atoms with van der Waals surface area (Å²) in [6, 6.07) is 26.0. The highest BCUT2D eigenvalue weighted by atomic mass is 16.5. The highest BCUT2D eigenvalue weighted by molar-refractivity contribution is 5.76. The second-order valence-corrected chi connectivity index (χ2v) is 7.06. The Bertz CT molecular complexity index is 871. The Labute approximate surface area is 177 Å². The van der Waals surface area contributed by atoms with Gasteiger partial charge in [0.15, 0.2) is 0 Å². The minimum atomic E-state index is -1.06. The molecule has 0 aliphatic carbocycles. The topological polar surface area (TPSA) is 59.0 Å². The van der Waals surface area contributed by atoms with E-state index in [4.69, 9.17) is 9.47 Å². The Morgan fingerprint density at radius 2 is 1.33 bits per heavy atom. The molecule has 0 aromatic heterocycles. The van der Waals surface area contributed by atoms with Crippen LogP contribution in [0.2, 0.25) is 0 Å². The normalized spacial score (nSPS) is 12.9. The summed E-state index contributed by atoms with van der Waals surface area (Å²) in [7, 11) is 2.93. The average molecular weight is 405 g/mol. The van der Waals surface area contributed by atoms with Crippen molar-refractivity contribution in [3.63, 3.8) is 0 Å². The van der Waals surface area contributed by atoms with Crippen molar-refractivity contribution < 1.29 is 19.4 Å². The molecule has 3 aromatic carbocycles. The van der Waals surface area contributed by atoms with Crippen molar-refractivity contribution in [2.45, 2.75) is 25.2 Å². The summed E-state index contributed by atoms with van der Waals surface area (Å²) in [5, 5.41) is 11.2. The Kier molecular flexibility index (Phi) is 7.60. The van der Waals surface area contributed by atoms with E-state index in [-0.39, 0.29) is 0 Å². The fourth-order valence-electron chi connectivity index (χ4n) is 3.47. The third-order valence-corrected chi connectivity index (χ3v) is 5.05. The second-order valence-electron chi connectivity index (χ2n) is 7.06. The zero-order valence-electron chi connectivity index (χ0n) is 17.3. The van der Waals surface area contributed by atoms with Crippen molar-refractivity contribution in [2.75, 3.05) is 14.2 Å². The molecule has 5 heteroatoms. The van der Waals surface area contributed by atoms with Crippen LogP contribution in [0.4, 0.5) is 0 Å². The number of esters is 1. The summed E-state index contributed by atoms with van der Waals surface area (Å²) in [6.45, 7) is 0.978. The van der Waals surface area contributed by atoms with Gasteiger partial charge in [0.2, 0.25) is 0 Å². The van der Waals surface area contributed by atoms with Crippen LogP contribution in [0, 0.1) is 0 Å². The van der Waals surface area contributed by atoms with E-state index in [1.807, 2.05) is 65.6 Å². The van der Waals surface area contributed by atoms with Gasteiger partial charge in [-0.25, -0.2) is 0 Å². The number of carbonyl (C=O) groups excluding carboxylic acids is 1. The molecule has 156 valence electrons. The van der Waals surface area contributed by atoms with E-state index in [9.17, 15) is 9.90 Å². The summed E-state index contributed by atoms with van der Waals surface area (Å²) in [6.07, 6.45) is -1.06. The SMILES string of the molecule is COC(=O)[C@H]([C@H](O)c1ccc(OC)cc1)N(Cc1ccccc1)Cc1ccccc1. The number of benzene rings is 3. The predicted octanol–water partition coefficient (Wildman–Crippen LogP) is 3.97. The van der Waals surface area contributed by atoms with E-state index in [0.717, 1.165) is 11.1 Å². The van der Waals surface area contributed by atoms with Crippen LogP contribution in [-0.4, -0.2) is 36.2 Å². The van der Waals surface area contributed by atoms with Gasteiger partial charge in [-0.15, -0.1) is 0 Å². The van der Waals surface area contributed by atoms with Crippen molar-refractivity contribution in [2.24, 2.45) is 0 Å². The lowest BCUT2D eigenvalue weighted by molar-refractivity contribution is -0.152. The average Bonchev–Trinajstić information content (AvgIpc) is 2.80.